The molecule has 0 bridgehead atoms. The second-order valence-corrected chi connectivity index (χ2v) is 6.74. The van der Waals surface area contributed by atoms with E-state index in [0.717, 1.165) is 32.2 Å². The lowest BCUT2D eigenvalue weighted by Gasteiger charge is -2.06. The van der Waals surface area contributed by atoms with E-state index in [-0.39, 0.29) is 11.7 Å². The first kappa shape index (κ1) is 16.7. The monoisotopic (exact) mass is 388 g/mol. The number of carbonyl (C=O) groups is 1. The van der Waals surface area contributed by atoms with Gasteiger partial charge in [-0.3, -0.25) is 4.79 Å². The maximum Gasteiger partial charge on any atom is 0.224 e. The molecule has 5 heteroatoms. The van der Waals surface area contributed by atoms with Crippen molar-refractivity contribution >= 4 is 32.7 Å². The number of rotatable bonds is 5. The van der Waals surface area contributed by atoms with Crippen molar-refractivity contribution in [2.45, 2.75) is 19.8 Å². The number of amides is 1. The third kappa shape index (κ3) is 3.85. The lowest BCUT2D eigenvalue weighted by atomic mass is 10.1. The number of benzene rings is 2. The summed E-state index contributed by atoms with van der Waals surface area (Å²) in [6.07, 6.45) is 1.02. The summed E-state index contributed by atoms with van der Waals surface area (Å²) in [5, 5.41) is 3.82. The zero-order valence-corrected chi connectivity index (χ0v) is 14.9. The molecule has 2 N–H and O–H groups in total. The van der Waals surface area contributed by atoms with Crippen LogP contribution in [0.15, 0.2) is 46.9 Å². The van der Waals surface area contributed by atoms with Gasteiger partial charge in [0.2, 0.25) is 5.91 Å². The average Bonchev–Trinajstić information content (AvgIpc) is 2.85. The van der Waals surface area contributed by atoms with Crippen molar-refractivity contribution < 1.29 is 9.18 Å². The third-order valence-electron chi connectivity index (χ3n) is 4.06. The number of hydrogen-bond donors (Lipinski definition) is 2. The zero-order valence-electron chi connectivity index (χ0n) is 13.3. The molecular weight excluding hydrogens is 371 g/mol. The average molecular weight is 389 g/mol. The fraction of sp³-hybridized carbons (Fsp3) is 0.211. The molecule has 0 fully saturated rings. The van der Waals surface area contributed by atoms with Crippen molar-refractivity contribution in [1.29, 1.82) is 0 Å². The van der Waals surface area contributed by atoms with Gasteiger partial charge in [0.25, 0.3) is 0 Å². The Bertz CT molecular complexity index is 871. The van der Waals surface area contributed by atoms with Gasteiger partial charge in [-0.15, -0.1) is 0 Å². The topological polar surface area (TPSA) is 44.9 Å². The first-order valence-corrected chi connectivity index (χ1v) is 8.60. The predicted octanol–water partition coefficient (Wildman–Crippen LogP) is 4.28. The van der Waals surface area contributed by atoms with E-state index in [4.69, 9.17) is 0 Å². The van der Waals surface area contributed by atoms with E-state index in [9.17, 15) is 9.18 Å². The fourth-order valence-corrected chi connectivity index (χ4v) is 3.12. The van der Waals surface area contributed by atoms with Crippen molar-refractivity contribution in [1.82, 2.24) is 10.3 Å². The molecule has 0 spiro atoms. The second-order valence-electron chi connectivity index (χ2n) is 5.82. The van der Waals surface area contributed by atoms with Gasteiger partial charge in [0.15, 0.2) is 0 Å². The van der Waals surface area contributed by atoms with Crippen LogP contribution in [0, 0.1) is 12.7 Å². The van der Waals surface area contributed by atoms with Crippen LogP contribution in [0.4, 0.5) is 4.39 Å². The molecule has 1 amide bonds. The summed E-state index contributed by atoms with van der Waals surface area (Å²) in [6, 6.07) is 12.4. The highest BCUT2D eigenvalue weighted by Gasteiger charge is 2.10. The minimum absolute atomic E-state index is 0.0130. The normalized spacial score (nSPS) is 11.0. The van der Waals surface area contributed by atoms with Crippen LogP contribution in [0.5, 0.6) is 0 Å². The molecule has 0 saturated heterocycles. The summed E-state index contributed by atoms with van der Waals surface area (Å²) in [6.45, 7) is 2.50. The minimum Gasteiger partial charge on any atom is -0.358 e. The van der Waals surface area contributed by atoms with Crippen molar-refractivity contribution in [3.8, 4) is 0 Å². The third-order valence-corrected chi connectivity index (χ3v) is 4.59. The van der Waals surface area contributed by atoms with Crippen molar-refractivity contribution in [2.75, 3.05) is 6.54 Å². The van der Waals surface area contributed by atoms with Gasteiger partial charge < -0.3 is 10.3 Å². The molecule has 0 aliphatic carbocycles. The molecule has 3 rings (SSSR count). The van der Waals surface area contributed by atoms with Crippen LogP contribution >= 0.6 is 15.9 Å². The molecule has 1 aromatic heterocycles. The lowest BCUT2D eigenvalue weighted by molar-refractivity contribution is -0.120. The van der Waals surface area contributed by atoms with E-state index >= 15 is 0 Å². The van der Waals surface area contributed by atoms with Gasteiger partial charge in [0, 0.05) is 27.6 Å². The summed E-state index contributed by atoms with van der Waals surface area (Å²) in [4.78, 5) is 15.3. The Hall–Kier alpha value is -2.14. The first-order chi connectivity index (χ1) is 11.5. The Morgan fingerprint density at radius 2 is 1.96 bits per heavy atom. The SMILES string of the molecule is Cc1[nH]c2ccc(F)cc2c1CCNC(=O)Cc1ccc(Br)cc1. The number of aryl methyl sites for hydroxylation is 1. The number of nitrogens with one attached hydrogen (secondary N) is 2. The van der Waals surface area contributed by atoms with E-state index in [1.165, 1.54) is 12.1 Å². The Kier molecular flexibility index (Phi) is 5.00. The van der Waals surface area contributed by atoms with Gasteiger partial charge in [-0.25, -0.2) is 4.39 Å². The molecule has 0 radical (unpaired) electrons. The molecule has 0 unspecified atom stereocenters. The Labute approximate surface area is 148 Å². The molecule has 3 aromatic rings. The number of H-pyrrole nitrogens is 1. The quantitative estimate of drug-likeness (QED) is 0.672. The number of carbonyl (C=O) groups excluding carboxylic acids is 1. The summed E-state index contributed by atoms with van der Waals surface area (Å²) in [5.74, 6) is -0.261. The Balaban J connectivity index is 1.60. The van der Waals surface area contributed by atoms with Crippen LogP contribution < -0.4 is 5.32 Å². The predicted molar refractivity (Wildman–Crippen MR) is 97.6 cm³/mol. The van der Waals surface area contributed by atoms with E-state index in [2.05, 4.69) is 26.2 Å². The van der Waals surface area contributed by atoms with Crippen molar-refractivity contribution in [2.24, 2.45) is 0 Å². The molecule has 124 valence electrons. The zero-order chi connectivity index (χ0) is 17.1. The standard InChI is InChI=1S/C19H18BrFN2O/c1-12-16(17-11-15(21)6-7-18(17)23-12)8-9-22-19(24)10-13-2-4-14(20)5-3-13/h2-7,11,23H,8-10H2,1H3,(H,22,24). The van der Waals surface area contributed by atoms with Gasteiger partial charge in [-0.1, -0.05) is 28.1 Å². The molecule has 0 atom stereocenters. The summed E-state index contributed by atoms with van der Waals surface area (Å²) in [7, 11) is 0. The fourth-order valence-electron chi connectivity index (χ4n) is 2.85. The first-order valence-electron chi connectivity index (χ1n) is 7.81. The van der Waals surface area contributed by atoms with E-state index in [1.54, 1.807) is 6.07 Å². The Morgan fingerprint density at radius 3 is 2.71 bits per heavy atom. The van der Waals surface area contributed by atoms with Gasteiger partial charge in [0.1, 0.15) is 5.82 Å². The van der Waals surface area contributed by atoms with Gasteiger partial charge in [0.05, 0.1) is 6.42 Å². The van der Waals surface area contributed by atoms with Crippen LogP contribution in [-0.2, 0) is 17.6 Å². The maximum absolute atomic E-state index is 13.5. The van der Waals surface area contributed by atoms with E-state index in [0.29, 0.717) is 19.4 Å². The molecule has 24 heavy (non-hydrogen) atoms. The van der Waals surface area contributed by atoms with Gasteiger partial charge in [-0.2, -0.15) is 0 Å². The summed E-state index contributed by atoms with van der Waals surface area (Å²) in [5.41, 5.74) is 3.96. The van der Waals surface area contributed by atoms with Crippen LogP contribution in [0.25, 0.3) is 10.9 Å². The molecule has 0 saturated carbocycles. The van der Waals surface area contributed by atoms with Gasteiger partial charge >= 0.3 is 0 Å². The molecule has 2 aromatic carbocycles. The largest absolute Gasteiger partial charge is 0.358 e. The van der Waals surface area contributed by atoms with Crippen molar-refractivity contribution in [3.05, 3.63) is 69.6 Å². The van der Waals surface area contributed by atoms with Crippen molar-refractivity contribution in [3.63, 3.8) is 0 Å². The molecular formula is C19H18BrFN2O. The highest BCUT2D eigenvalue weighted by atomic mass is 79.9. The number of aromatic amines is 1. The number of hydrogen-bond acceptors (Lipinski definition) is 1. The lowest BCUT2D eigenvalue weighted by Crippen LogP contribution is -2.27. The molecule has 0 aliphatic rings. The minimum atomic E-state index is -0.248. The highest BCUT2D eigenvalue weighted by Crippen LogP contribution is 2.23. The number of aromatic nitrogens is 1. The molecule has 1 heterocycles. The van der Waals surface area contributed by atoms with Crippen LogP contribution in [-0.4, -0.2) is 17.4 Å². The number of halogens is 2. The Morgan fingerprint density at radius 1 is 1.21 bits per heavy atom. The van der Waals surface area contributed by atoms with E-state index in [1.807, 2.05) is 31.2 Å². The second kappa shape index (κ2) is 7.18. The highest BCUT2D eigenvalue weighted by molar-refractivity contribution is 9.10. The summed E-state index contributed by atoms with van der Waals surface area (Å²) >= 11 is 3.38. The van der Waals surface area contributed by atoms with Crippen LogP contribution in [0.3, 0.4) is 0 Å². The number of fused-ring (bicyclic) bond motifs is 1. The molecule has 0 aliphatic heterocycles. The van der Waals surface area contributed by atoms with Crippen LogP contribution in [0.2, 0.25) is 0 Å². The smallest absolute Gasteiger partial charge is 0.224 e. The maximum atomic E-state index is 13.5. The molecule has 3 nitrogen and oxygen atoms in total. The summed E-state index contributed by atoms with van der Waals surface area (Å²) < 4.78 is 14.5. The van der Waals surface area contributed by atoms with E-state index < -0.39 is 0 Å². The van der Waals surface area contributed by atoms with Crippen LogP contribution in [0.1, 0.15) is 16.8 Å². The van der Waals surface area contributed by atoms with Gasteiger partial charge in [-0.05, 0) is 54.8 Å².